The van der Waals surface area contributed by atoms with Crippen LogP contribution in [0.25, 0.3) is 0 Å². The number of nitrogens with one attached hydrogen (secondary N) is 4. The largest absolute Gasteiger partial charge is 0.756 e. The predicted octanol–water partition coefficient (Wildman–Crippen LogP) is 19.3. The van der Waals surface area contributed by atoms with Crippen molar-refractivity contribution in [3.05, 3.63) is 24.3 Å². The van der Waals surface area contributed by atoms with Gasteiger partial charge in [0.2, 0.25) is 23.6 Å². The molecule has 0 aromatic carbocycles. The van der Waals surface area contributed by atoms with Gasteiger partial charge in [0.15, 0.2) is 0 Å². The molecule has 6 atom stereocenters. The highest BCUT2D eigenvalue weighted by Gasteiger charge is 2.30. The summed E-state index contributed by atoms with van der Waals surface area (Å²) in [6.45, 7) is 10.9. The molecule has 0 radical (unpaired) electrons. The molecule has 0 aromatic rings. The monoisotopic (exact) mass is 1590 g/mol. The molecule has 0 saturated carbocycles. The van der Waals surface area contributed by atoms with Gasteiger partial charge >= 0.3 is 20.1 Å². The zero-order chi connectivity index (χ0) is 80.0. The predicted molar refractivity (Wildman–Crippen MR) is 438 cm³/mol. The fourth-order valence-electron chi connectivity index (χ4n) is 12.6. The van der Waals surface area contributed by atoms with Crippen molar-refractivity contribution < 1.29 is 85.1 Å². The van der Waals surface area contributed by atoms with Crippen molar-refractivity contribution in [2.75, 3.05) is 65.9 Å². The molecule has 22 nitrogen and oxygen atoms in total. The third-order valence-corrected chi connectivity index (χ3v) is 21.2. The summed E-state index contributed by atoms with van der Waals surface area (Å²) in [6.07, 6.45) is 61.1. The Bertz CT molecular complexity index is 2250. The summed E-state index contributed by atoms with van der Waals surface area (Å²) in [5.74, 6) is -2.52. The Morgan fingerprint density at radius 2 is 0.697 bits per heavy atom. The van der Waals surface area contributed by atoms with E-state index in [-0.39, 0.29) is 88.3 Å². The minimum absolute atomic E-state index is 0.0565. The van der Waals surface area contributed by atoms with E-state index in [1.807, 2.05) is 0 Å². The second-order valence-corrected chi connectivity index (χ2v) is 32.8. The highest BCUT2D eigenvalue weighted by molar-refractivity contribution is 7.52. The highest BCUT2D eigenvalue weighted by Crippen LogP contribution is 2.47. The van der Waals surface area contributed by atoms with Gasteiger partial charge in [-0.2, -0.15) is 13.9 Å². The number of allylic oxidation sites excluding steroid dienone is 4. The molecule has 4 amide bonds. The maximum absolute atomic E-state index is 13.3. The van der Waals surface area contributed by atoms with Crippen LogP contribution in [0, 0.1) is 0 Å². The van der Waals surface area contributed by atoms with Crippen LogP contribution in [0.3, 0.4) is 0 Å². The van der Waals surface area contributed by atoms with E-state index in [1.165, 1.54) is 141 Å². The molecule has 0 spiro atoms. The molecule has 0 aliphatic carbocycles. The molecule has 0 aliphatic rings. The molecule has 109 heavy (non-hydrogen) atoms. The van der Waals surface area contributed by atoms with Crippen LogP contribution in [0.1, 0.15) is 395 Å². The molecule has 640 valence electrons. The Labute approximate surface area is 663 Å². The number of amides is 4. The maximum atomic E-state index is 13.3. The van der Waals surface area contributed by atoms with Gasteiger partial charge in [-0.1, -0.05) is 284 Å². The summed E-state index contributed by atoms with van der Waals surface area (Å²) in [4.78, 5) is 115. The summed E-state index contributed by atoms with van der Waals surface area (Å²) >= 11 is 0. The van der Waals surface area contributed by atoms with Gasteiger partial charge in [-0.15, -0.1) is 0 Å². The van der Waals surface area contributed by atoms with Crippen LogP contribution in [0.4, 0.5) is 0 Å². The lowest BCUT2D eigenvalue weighted by molar-refractivity contribution is -0.243. The van der Waals surface area contributed by atoms with E-state index in [0.29, 0.717) is 64.2 Å². The smallest absolute Gasteiger partial charge is 0.376 e. The fourth-order valence-corrected chi connectivity index (χ4v) is 14.1. The van der Waals surface area contributed by atoms with E-state index in [1.54, 1.807) is 0 Å². The third kappa shape index (κ3) is 75.7. The molecular weight excluding hydrogens is 1430 g/mol. The lowest BCUT2D eigenvalue weighted by Crippen LogP contribution is -2.42. The summed E-state index contributed by atoms with van der Waals surface area (Å²) in [5.41, 5.74) is 0. The van der Waals surface area contributed by atoms with Gasteiger partial charge in [-0.05, 0) is 89.9 Å². The fraction of sp³-hybridized carbons (Fsp3) is 0.882. The Hall–Kier alpha value is -3.40. The van der Waals surface area contributed by atoms with Crippen molar-refractivity contribution in [2.24, 2.45) is 0 Å². The topological polar surface area (TPSA) is 308 Å². The van der Waals surface area contributed by atoms with E-state index in [9.17, 15) is 48.0 Å². The van der Waals surface area contributed by atoms with E-state index in [2.05, 4.69) is 87.1 Å². The molecule has 0 saturated heterocycles. The number of rotatable bonds is 84. The van der Waals surface area contributed by atoms with E-state index in [0.717, 1.165) is 128 Å². The number of carbonyl (C=O) groups is 6. The molecule has 0 aliphatic heterocycles. The van der Waals surface area contributed by atoms with Gasteiger partial charge in [0.05, 0.1) is 51.7 Å². The SMILES string of the molecule is CCCCCC/C=C\CCCC(=O)OC(CCCCCCC)CCOCC(COP(=O)([O-])OCCNC(=O)CC(=O)NCCO[P+]([O-])(O)OCC(COCCC(CCCCCCC)OC(=O)CCC/C=C\CCCCCC)NC(=O)CCCCCCCCCCCCC)NC(=O)CCCCCCCCCCCCC. The Morgan fingerprint density at radius 1 is 0.367 bits per heavy atom. The van der Waals surface area contributed by atoms with Crippen LogP contribution < -0.4 is 31.1 Å². The zero-order valence-corrected chi connectivity index (χ0v) is 71.7. The lowest BCUT2D eigenvalue weighted by atomic mass is 10.1. The minimum Gasteiger partial charge on any atom is -0.756 e. The maximum Gasteiger partial charge on any atom is 0.376 e. The van der Waals surface area contributed by atoms with Crippen molar-refractivity contribution in [1.82, 2.24) is 21.3 Å². The minimum atomic E-state index is -4.99. The third-order valence-electron chi connectivity index (χ3n) is 19.2. The van der Waals surface area contributed by atoms with E-state index < -0.39 is 72.7 Å². The summed E-state index contributed by atoms with van der Waals surface area (Å²) in [5, 5.41) is 10.6. The van der Waals surface area contributed by atoms with E-state index >= 15 is 0 Å². The van der Waals surface area contributed by atoms with Gasteiger partial charge < -0.3 is 59.0 Å². The molecule has 0 heterocycles. The van der Waals surface area contributed by atoms with Crippen molar-refractivity contribution in [3.8, 4) is 0 Å². The highest BCUT2D eigenvalue weighted by atomic mass is 31.2. The molecular formula is C85H161N4O18P2-. The quantitative estimate of drug-likeness (QED) is 0.0124. The molecule has 0 aromatic heterocycles. The number of hydrogen-bond acceptors (Lipinski definition) is 18. The second kappa shape index (κ2) is 78.5. The van der Waals surface area contributed by atoms with Crippen molar-refractivity contribution >= 4 is 51.6 Å². The van der Waals surface area contributed by atoms with Crippen molar-refractivity contribution in [3.63, 3.8) is 0 Å². The number of phosphoric acid groups is 2. The molecule has 0 fully saturated rings. The number of phosphoric ester groups is 2. The number of unbranched alkanes of at least 4 members (excludes halogenated alkanes) is 38. The van der Waals surface area contributed by atoms with Gasteiger partial charge in [0.1, 0.15) is 31.8 Å². The molecule has 5 N–H and O–H groups in total. The molecule has 6 unspecified atom stereocenters. The molecule has 0 bridgehead atoms. The van der Waals surface area contributed by atoms with Gasteiger partial charge in [0, 0.05) is 51.6 Å². The molecule has 0 rings (SSSR count). The first-order valence-corrected chi connectivity index (χ1v) is 47.1. The average Bonchev–Trinajstić information content (AvgIpc) is 0.933. The van der Waals surface area contributed by atoms with Crippen LogP contribution in [0.2, 0.25) is 0 Å². The van der Waals surface area contributed by atoms with Crippen LogP contribution >= 0.6 is 16.0 Å². The normalized spacial score (nSPS) is 14.0. The lowest BCUT2D eigenvalue weighted by Gasteiger charge is -2.26. The standard InChI is InChI=1S/C85H162N4O18P2/c1-7-13-19-25-29-33-35-39-41-47-53-59-80(90)88-76(72-100-67-63-78(57-51-45-23-17-11-5)106-84(94)61-55-49-43-37-31-27-21-15-9-3)74-104-108(96,97)102-69-65-86-82(92)71-83(93)87-66-70-103-109(98,99)105-75-77(89-81(91)60-54-48-42-40-36-34-30-26-20-14-8-2)73-101-68-64-79(58-52-46-24-18-12-6)107-85(95)62-56-50-44-38-32-28-22-16-10-4/h37-38,43-44,76-79H,7-36,39-42,45-75H2,1-6H3,(H,86,92)(H,87,93)(H,88,90)(H,89,91)(H,96,97)(H,98,99)/p-1/b43-37-,44-38-. The van der Waals surface area contributed by atoms with Gasteiger partial charge in [0.25, 0.3) is 7.82 Å². The van der Waals surface area contributed by atoms with Gasteiger partial charge in [-0.3, -0.25) is 33.3 Å². The van der Waals surface area contributed by atoms with E-state index in [4.69, 9.17) is 37.0 Å². The van der Waals surface area contributed by atoms with Crippen LogP contribution in [0.15, 0.2) is 24.3 Å². The first-order valence-electron chi connectivity index (χ1n) is 44.1. The van der Waals surface area contributed by atoms with Crippen molar-refractivity contribution in [1.29, 1.82) is 0 Å². The van der Waals surface area contributed by atoms with Crippen LogP contribution in [-0.2, 0) is 70.4 Å². The second-order valence-electron chi connectivity index (χ2n) is 29.9. The number of hydrogen-bond donors (Lipinski definition) is 5. The van der Waals surface area contributed by atoms with Crippen LogP contribution in [0.5, 0.6) is 0 Å². The van der Waals surface area contributed by atoms with Crippen LogP contribution in [-0.4, -0.2) is 131 Å². The summed E-state index contributed by atoms with van der Waals surface area (Å²) in [7, 11) is -9.73. The first-order chi connectivity index (χ1) is 52.9. The summed E-state index contributed by atoms with van der Waals surface area (Å²) < 4.78 is 57.9. The Morgan fingerprint density at radius 3 is 1.08 bits per heavy atom. The number of ether oxygens (including phenoxy) is 4. The Balaban J connectivity index is 5.54. The molecule has 24 heteroatoms. The average molecular weight is 1590 g/mol. The number of esters is 2. The van der Waals surface area contributed by atoms with Crippen molar-refractivity contribution in [2.45, 2.75) is 419 Å². The zero-order valence-electron chi connectivity index (χ0n) is 69.9. The Kier molecular flexibility index (Phi) is 76.0. The number of carbonyl (C=O) groups excluding carboxylic acids is 6. The van der Waals surface area contributed by atoms with Gasteiger partial charge in [-0.25, -0.2) is 0 Å². The first kappa shape index (κ1) is 106. The summed E-state index contributed by atoms with van der Waals surface area (Å²) in [6, 6.07) is -1.70.